The number of benzene rings is 1. The second-order valence-corrected chi connectivity index (χ2v) is 6.97. The summed E-state index contributed by atoms with van der Waals surface area (Å²) in [5.41, 5.74) is 2.34. The zero-order valence-corrected chi connectivity index (χ0v) is 15.2. The fourth-order valence-electron chi connectivity index (χ4n) is 2.63. The monoisotopic (exact) mass is 352 g/mol. The Morgan fingerprint density at radius 3 is 2.54 bits per heavy atom. The van der Waals surface area contributed by atoms with Crippen molar-refractivity contribution in [1.82, 2.24) is 10.2 Å². The van der Waals surface area contributed by atoms with Gasteiger partial charge in [0.2, 0.25) is 5.91 Å². The fourth-order valence-corrected chi connectivity index (χ4v) is 2.69. The van der Waals surface area contributed by atoms with Crippen LogP contribution in [0.3, 0.4) is 0 Å². The molecule has 1 saturated heterocycles. The summed E-state index contributed by atoms with van der Waals surface area (Å²) in [6.45, 7) is 6.99. The molecule has 2 amide bonds. The molecule has 24 heavy (non-hydrogen) atoms. The third-order valence-electron chi connectivity index (χ3n) is 4.40. The highest BCUT2D eigenvalue weighted by Crippen LogP contribution is 2.17. The number of piperidine rings is 1. The zero-order chi connectivity index (χ0) is 17.7. The highest BCUT2D eigenvalue weighted by Gasteiger charge is 2.24. The average molecular weight is 353 g/mol. The average Bonchev–Trinajstić information content (AvgIpc) is 2.56. The summed E-state index contributed by atoms with van der Waals surface area (Å²) in [5.74, 6) is 0.535. The van der Waals surface area contributed by atoms with E-state index in [0.29, 0.717) is 18.8 Å². The van der Waals surface area contributed by atoms with Crippen molar-refractivity contribution in [3.8, 4) is 5.75 Å². The van der Waals surface area contributed by atoms with E-state index in [2.05, 4.69) is 5.32 Å². The van der Waals surface area contributed by atoms with Gasteiger partial charge in [0.15, 0.2) is 6.61 Å². The Morgan fingerprint density at radius 2 is 1.96 bits per heavy atom. The molecular formula is C18H25ClN2O3. The second kappa shape index (κ2) is 8.38. The normalized spacial score (nSPS) is 16.6. The molecule has 0 radical (unpaired) electrons. The van der Waals surface area contributed by atoms with E-state index in [-0.39, 0.29) is 24.5 Å². The number of carbonyl (C=O) groups excluding carboxylic acids is 2. The highest BCUT2D eigenvalue weighted by atomic mass is 35.5. The Hall–Kier alpha value is -1.75. The van der Waals surface area contributed by atoms with Crippen molar-refractivity contribution in [2.75, 3.05) is 19.7 Å². The van der Waals surface area contributed by atoms with Gasteiger partial charge in [-0.25, -0.2) is 0 Å². The molecule has 0 aliphatic carbocycles. The maximum atomic E-state index is 12.3. The van der Waals surface area contributed by atoms with Gasteiger partial charge in [-0.1, -0.05) is 6.07 Å². The van der Waals surface area contributed by atoms with Gasteiger partial charge in [0.05, 0.1) is 0 Å². The van der Waals surface area contributed by atoms with Crippen molar-refractivity contribution < 1.29 is 14.3 Å². The predicted octanol–water partition coefficient (Wildman–Crippen LogP) is 2.42. The number of likely N-dealkylation sites (tertiary alicyclic amines) is 1. The van der Waals surface area contributed by atoms with E-state index in [9.17, 15) is 9.59 Å². The Balaban J connectivity index is 1.76. The Morgan fingerprint density at radius 1 is 1.29 bits per heavy atom. The zero-order valence-electron chi connectivity index (χ0n) is 14.5. The fraction of sp³-hybridized carbons (Fsp3) is 0.556. The van der Waals surface area contributed by atoms with Crippen LogP contribution in [0.1, 0.15) is 30.9 Å². The van der Waals surface area contributed by atoms with Gasteiger partial charge < -0.3 is 15.0 Å². The van der Waals surface area contributed by atoms with E-state index in [4.69, 9.17) is 16.3 Å². The lowest BCUT2D eigenvalue weighted by atomic mass is 10.0. The number of aryl methyl sites for hydroxylation is 2. The number of ether oxygens (including phenoxy) is 1. The molecule has 1 N–H and O–H groups in total. The number of nitrogens with one attached hydrogen (secondary N) is 1. The minimum atomic E-state index is -0.531. The molecule has 0 saturated carbocycles. The topological polar surface area (TPSA) is 58.6 Å². The molecular weight excluding hydrogens is 328 g/mol. The van der Waals surface area contributed by atoms with E-state index in [1.54, 1.807) is 11.8 Å². The quantitative estimate of drug-likeness (QED) is 0.828. The third kappa shape index (κ3) is 5.13. The van der Waals surface area contributed by atoms with Gasteiger partial charge in [0, 0.05) is 19.1 Å². The number of hydrogen-bond donors (Lipinski definition) is 1. The number of alkyl halides is 1. The summed E-state index contributed by atoms with van der Waals surface area (Å²) >= 11 is 5.75. The van der Waals surface area contributed by atoms with Crippen LogP contribution in [0.5, 0.6) is 5.75 Å². The molecule has 2 rings (SSSR count). The van der Waals surface area contributed by atoms with Crippen LogP contribution in [-0.4, -0.2) is 47.8 Å². The first-order valence-corrected chi connectivity index (χ1v) is 8.72. The molecule has 1 aromatic rings. The molecule has 1 fully saturated rings. The Bertz CT molecular complexity index is 596. The van der Waals surface area contributed by atoms with Gasteiger partial charge in [-0.2, -0.15) is 0 Å². The van der Waals surface area contributed by atoms with E-state index in [1.807, 2.05) is 32.0 Å². The van der Waals surface area contributed by atoms with Crippen molar-refractivity contribution in [1.29, 1.82) is 0 Å². The first-order valence-electron chi connectivity index (χ1n) is 8.29. The van der Waals surface area contributed by atoms with E-state index in [0.717, 1.165) is 18.4 Å². The minimum Gasteiger partial charge on any atom is -0.484 e. The molecule has 1 aliphatic rings. The predicted molar refractivity (Wildman–Crippen MR) is 94.5 cm³/mol. The van der Waals surface area contributed by atoms with E-state index >= 15 is 0 Å². The van der Waals surface area contributed by atoms with Crippen LogP contribution in [0.2, 0.25) is 0 Å². The van der Waals surface area contributed by atoms with Crippen LogP contribution in [-0.2, 0) is 9.59 Å². The molecule has 1 aliphatic heterocycles. The van der Waals surface area contributed by atoms with Crippen LogP contribution in [0, 0.1) is 13.8 Å². The van der Waals surface area contributed by atoms with Crippen molar-refractivity contribution in [3.05, 3.63) is 29.3 Å². The lowest BCUT2D eigenvalue weighted by Crippen LogP contribution is -2.48. The van der Waals surface area contributed by atoms with Crippen LogP contribution in [0.15, 0.2) is 18.2 Å². The Kier molecular flexibility index (Phi) is 6.49. The molecule has 0 spiro atoms. The minimum absolute atomic E-state index is 0.0243. The summed E-state index contributed by atoms with van der Waals surface area (Å²) in [4.78, 5) is 25.6. The lowest BCUT2D eigenvalue weighted by molar-refractivity contribution is -0.134. The number of carbonyl (C=O) groups is 2. The van der Waals surface area contributed by atoms with Gasteiger partial charge >= 0.3 is 0 Å². The second-order valence-electron chi connectivity index (χ2n) is 6.31. The van der Waals surface area contributed by atoms with E-state index < -0.39 is 5.38 Å². The summed E-state index contributed by atoms with van der Waals surface area (Å²) in [6.07, 6.45) is 1.48. The maximum absolute atomic E-state index is 12.3. The van der Waals surface area contributed by atoms with Crippen LogP contribution >= 0.6 is 11.6 Å². The summed E-state index contributed by atoms with van der Waals surface area (Å²) in [6, 6.07) is 5.90. The molecule has 0 bridgehead atoms. The Labute approximate surface area is 148 Å². The molecule has 1 aromatic carbocycles. The molecule has 1 atom stereocenters. The molecule has 0 aromatic heterocycles. The van der Waals surface area contributed by atoms with Gasteiger partial charge in [0.25, 0.3) is 5.91 Å². The maximum Gasteiger partial charge on any atom is 0.260 e. The number of hydrogen-bond acceptors (Lipinski definition) is 3. The SMILES string of the molecule is Cc1ccc(OCC(=O)N2CCC(NC(=O)C(C)Cl)CC2)cc1C. The number of nitrogens with zero attached hydrogens (tertiary/aromatic N) is 1. The standard InChI is InChI=1S/C18H25ClN2O3/c1-12-4-5-16(10-13(12)2)24-11-17(22)21-8-6-15(7-9-21)20-18(23)14(3)19/h4-5,10,14-15H,6-9,11H2,1-3H3,(H,20,23). The van der Waals surface area contributed by atoms with Gasteiger partial charge in [-0.05, 0) is 56.9 Å². The first kappa shape index (κ1) is 18.6. The van der Waals surface area contributed by atoms with Crippen molar-refractivity contribution in [3.63, 3.8) is 0 Å². The molecule has 1 unspecified atom stereocenters. The van der Waals surface area contributed by atoms with Crippen molar-refractivity contribution in [2.45, 2.75) is 45.0 Å². The lowest BCUT2D eigenvalue weighted by Gasteiger charge is -2.32. The molecule has 5 nitrogen and oxygen atoms in total. The number of rotatable bonds is 5. The summed E-state index contributed by atoms with van der Waals surface area (Å²) in [5, 5.41) is 2.38. The number of amides is 2. The van der Waals surface area contributed by atoms with Crippen molar-refractivity contribution >= 4 is 23.4 Å². The van der Waals surface area contributed by atoms with Crippen molar-refractivity contribution in [2.24, 2.45) is 0 Å². The van der Waals surface area contributed by atoms with Crippen LogP contribution < -0.4 is 10.1 Å². The third-order valence-corrected chi connectivity index (χ3v) is 4.59. The van der Waals surface area contributed by atoms with Gasteiger partial charge in [0.1, 0.15) is 11.1 Å². The van der Waals surface area contributed by atoms with E-state index in [1.165, 1.54) is 5.56 Å². The summed E-state index contributed by atoms with van der Waals surface area (Å²) in [7, 11) is 0. The van der Waals surface area contributed by atoms with Crippen LogP contribution in [0.25, 0.3) is 0 Å². The summed E-state index contributed by atoms with van der Waals surface area (Å²) < 4.78 is 5.60. The van der Waals surface area contributed by atoms with Gasteiger partial charge in [-0.3, -0.25) is 9.59 Å². The van der Waals surface area contributed by atoms with Crippen LogP contribution in [0.4, 0.5) is 0 Å². The highest BCUT2D eigenvalue weighted by molar-refractivity contribution is 6.30. The molecule has 1 heterocycles. The van der Waals surface area contributed by atoms with Gasteiger partial charge in [-0.15, -0.1) is 11.6 Å². The molecule has 6 heteroatoms. The smallest absolute Gasteiger partial charge is 0.260 e. The number of halogens is 1. The first-order chi connectivity index (χ1) is 11.4. The molecule has 132 valence electrons. The largest absolute Gasteiger partial charge is 0.484 e.